The number of aryl methyl sites for hydroxylation is 1. The molecule has 19 heavy (non-hydrogen) atoms. The first-order chi connectivity index (χ1) is 9.33. The Bertz CT molecular complexity index is 660. The Labute approximate surface area is 118 Å². The molecule has 0 saturated carbocycles. The second kappa shape index (κ2) is 5.40. The lowest BCUT2D eigenvalue weighted by Gasteiger charge is -2.01. The molecule has 0 aromatic carbocycles. The van der Waals surface area contributed by atoms with Crippen LogP contribution in [0.5, 0.6) is 0 Å². The van der Waals surface area contributed by atoms with Crippen molar-refractivity contribution in [3.05, 3.63) is 41.3 Å². The first-order valence-corrected chi connectivity index (χ1v) is 6.84. The fraction of sp³-hybridized carbons (Fsp3) is 0.250. The smallest absolute Gasteiger partial charge is 0.243 e. The minimum atomic E-state index is 0.646. The number of hydrogen-bond donors (Lipinski definition) is 1. The van der Waals surface area contributed by atoms with E-state index in [1.54, 1.807) is 10.7 Å². The number of anilines is 1. The van der Waals surface area contributed by atoms with Gasteiger partial charge >= 0.3 is 0 Å². The van der Waals surface area contributed by atoms with Crippen LogP contribution in [0.2, 0.25) is 0 Å². The highest BCUT2D eigenvalue weighted by molar-refractivity contribution is 9.10. The van der Waals surface area contributed by atoms with Crippen molar-refractivity contribution < 1.29 is 0 Å². The number of nitrogens with one attached hydrogen (secondary N) is 1. The minimum absolute atomic E-state index is 0.646. The maximum Gasteiger partial charge on any atom is 0.243 e. The summed E-state index contributed by atoms with van der Waals surface area (Å²) in [6.07, 6.45) is 6.59. The van der Waals surface area contributed by atoms with E-state index in [9.17, 15) is 0 Å². The average molecular weight is 321 g/mol. The lowest BCUT2D eigenvalue weighted by atomic mass is 10.4. The van der Waals surface area contributed by atoms with Crippen molar-refractivity contribution >= 4 is 27.5 Å². The standard InChI is InChI=1S/C12H13BrN6/c13-10-4-1-9-19-11(10)16-12(17-19)14-5-2-7-18-8-3-6-15-18/h1,3-4,6,8-9H,2,5,7H2,(H,14,17). The Kier molecular flexibility index (Phi) is 3.45. The minimum Gasteiger partial charge on any atom is -0.353 e. The molecule has 0 aliphatic carbocycles. The highest BCUT2D eigenvalue weighted by Crippen LogP contribution is 2.16. The lowest BCUT2D eigenvalue weighted by molar-refractivity contribution is 0.591. The molecule has 0 aliphatic heterocycles. The number of rotatable bonds is 5. The van der Waals surface area contributed by atoms with Gasteiger partial charge in [-0.15, -0.1) is 5.10 Å². The molecule has 3 heterocycles. The molecular weight excluding hydrogens is 308 g/mol. The molecule has 0 atom stereocenters. The summed E-state index contributed by atoms with van der Waals surface area (Å²) in [7, 11) is 0. The summed E-state index contributed by atoms with van der Waals surface area (Å²) < 4.78 is 4.60. The molecule has 98 valence electrons. The molecule has 0 saturated heterocycles. The number of fused-ring (bicyclic) bond motifs is 1. The molecule has 0 amide bonds. The normalized spacial score (nSPS) is 11.0. The quantitative estimate of drug-likeness (QED) is 0.732. The second-order valence-electron chi connectivity index (χ2n) is 4.11. The van der Waals surface area contributed by atoms with Crippen LogP contribution >= 0.6 is 15.9 Å². The van der Waals surface area contributed by atoms with E-state index in [0.717, 1.165) is 29.6 Å². The Morgan fingerprint density at radius 3 is 3.00 bits per heavy atom. The van der Waals surface area contributed by atoms with Gasteiger partial charge in [-0.3, -0.25) is 4.68 Å². The van der Waals surface area contributed by atoms with E-state index in [1.165, 1.54) is 0 Å². The maximum absolute atomic E-state index is 4.42. The largest absolute Gasteiger partial charge is 0.353 e. The van der Waals surface area contributed by atoms with Crippen molar-refractivity contribution in [3.8, 4) is 0 Å². The molecule has 3 aromatic heterocycles. The molecule has 0 bridgehead atoms. The van der Waals surface area contributed by atoms with Crippen molar-refractivity contribution in [2.75, 3.05) is 11.9 Å². The summed E-state index contributed by atoms with van der Waals surface area (Å²) in [5, 5.41) is 11.7. The molecule has 0 aliphatic rings. The van der Waals surface area contributed by atoms with Gasteiger partial charge in [0.15, 0.2) is 5.65 Å². The fourth-order valence-electron chi connectivity index (χ4n) is 1.82. The third-order valence-electron chi connectivity index (χ3n) is 2.72. The molecule has 0 radical (unpaired) electrons. The molecule has 0 fully saturated rings. The molecule has 7 heteroatoms. The van der Waals surface area contributed by atoms with Crippen LogP contribution in [0.1, 0.15) is 6.42 Å². The maximum atomic E-state index is 4.42. The van der Waals surface area contributed by atoms with Crippen LogP contribution < -0.4 is 5.32 Å². The summed E-state index contributed by atoms with van der Waals surface area (Å²) in [5.74, 6) is 0.646. The summed E-state index contributed by atoms with van der Waals surface area (Å²) in [5.41, 5.74) is 0.817. The molecule has 0 unspecified atom stereocenters. The van der Waals surface area contributed by atoms with Crippen LogP contribution in [0.15, 0.2) is 41.3 Å². The van der Waals surface area contributed by atoms with Crippen LogP contribution in [-0.2, 0) is 6.54 Å². The number of hydrogen-bond acceptors (Lipinski definition) is 4. The second-order valence-corrected chi connectivity index (χ2v) is 4.96. The van der Waals surface area contributed by atoms with Gasteiger partial charge in [-0.25, -0.2) is 4.52 Å². The molecule has 3 rings (SSSR count). The van der Waals surface area contributed by atoms with E-state index in [2.05, 4.69) is 36.4 Å². The van der Waals surface area contributed by atoms with Gasteiger partial charge in [0.05, 0.1) is 4.47 Å². The van der Waals surface area contributed by atoms with Gasteiger partial charge in [-0.05, 0) is 40.5 Å². The molecular formula is C12H13BrN6. The number of aromatic nitrogens is 5. The first kappa shape index (κ1) is 12.2. The highest BCUT2D eigenvalue weighted by atomic mass is 79.9. The van der Waals surface area contributed by atoms with Crippen molar-refractivity contribution in [1.82, 2.24) is 24.4 Å². The zero-order valence-electron chi connectivity index (χ0n) is 10.2. The Balaban J connectivity index is 1.58. The van der Waals surface area contributed by atoms with Crippen molar-refractivity contribution in [2.24, 2.45) is 0 Å². The van der Waals surface area contributed by atoms with Gasteiger partial charge in [0.1, 0.15) is 0 Å². The Morgan fingerprint density at radius 1 is 1.26 bits per heavy atom. The van der Waals surface area contributed by atoms with Gasteiger partial charge in [-0.1, -0.05) is 0 Å². The van der Waals surface area contributed by atoms with Crippen LogP contribution in [0.25, 0.3) is 5.65 Å². The lowest BCUT2D eigenvalue weighted by Crippen LogP contribution is -2.08. The SMILES string of the molecule is Brc1cccn2nc(NCCCn3cccn3)nc12. The monoisotopic (exact) mass is 320 g/mol. The summed E-state index contributed by atoms with van der Waals surface area (Å²) >= 11 is 3.46. The van der Waals surface area contributed by atoms with Crippen LogP contribution in [0.3, 0.4) is 0 Å². The van der Waals surface area contributed by atoms with E-state index in [1.807, 2.05) is 35.3 Å². The fourth-order valence-corrected chi connectivity index (χ4v) is 2.25. The Hall–Kier alpha value is -1.89. The average Bonchev–Trinajstić information content (AvgIpc) is 3.04. The molecule has 1 N–H and O–H groups in total. The van der Waals surface area contributed by atoms with Crippen LogP contribution in [0.4, 0.5) is 5.95 Å². The number of pyridine rings is 1. The van der Waals surface area contributed by atoms with Gasteiger partial charge < -0.3 is 5.32 Å². The Morgan fingerprint density at radius 2 is 2.21 bits per heavy atom. The van der Waals surface area contributed by atoms with Gasteiger partial charge in [0.2, 0.25) is 5.95 Å². The van der Waals surface area contributed by atoms with Gasteiger partial charge in [-0.2, -0.15) is 10.1 Å². The highest BCUT2D eigenvalue weighted by Gasteiger charge is 2.05. The summed E-state index contributed by atoms with van der Waals surface area (Å²) in [6.45, 7) is 1.70. The zero-order chi connectivity index (χ0) is 13.1. The third-order valence-corrected chi connectivity index (χ3v) is 3.34. The first-order valence-electron chi connectivity index (χ1n) is 6.05. The predicted octanol–water partition coefficient (Wildman–Crippen LogP) is 2.19. The van der Waals surface area contributed by atoms with E-state index >= 15 is 0 Å². The summed E-state index contributed by atoms with van der Waals surface area (Å²) in [4.78, 5) is 4.42. The van der Waals surface area contributed by atoms with E-state index in [4.69, 9.17) is 0 Å². The number of halogens is 1. The van der Waals surface area contributed by atoms with Gasteiger partial charge in [0, 0.05) is 31.7 Å². The zero-order valence-corrected chi connectivity index (χ0v) is 11.8. The molecule has 3 aromatic rings. The van der Waals surface area contributed by atoms with Crippen molar-refractivity contribution in [2.45, 2.75) is 13.0 Å². The summed E-state index contributed by atoms with van der Waals surface area (Å²) in [6, 6.07) is 5.80. The van der Waals surface area contributed by atoms with Gasteiger partial charge in [0.25, 0.3) is 0 Å². The van der Waals surface area contributed by atoms with Crippen LogP contribution in [0, 0.1) is 0 Å². The predicted molar refractivity (Wildman–Crippen MR) is 76.0 cm³/mol. The van der Waals surface area contributed by atoms with Crippen LogP contribution in [-0.4, -0.2) is 30.9 Å². The molecule has 0 spiro atoms. The van der Waals surface area contributed by atoms with Crippen molar-refractivity contribution in [1.29, 1.82) is 0 Å². The number of nitrogens with zero attached hydrogens (tertiary/aromatic N) is 5. The van der Waals surface area contributed by atoms with E-state index in [-0.39, 0.29) is 0 Å². The van der Waals surface area contributed by atoms with E-state index in [0.29, 0.717) is 5.95 Å². The third kappa shape index (κ3) is 2.76. The van der Waals surface area contributed by atoms with E-state index < -0.39 is 0 Å². The van der Waals surface area contributed by atoms with Crippen molar-refractivity contribution in [3.63, 3.8) is 0 Å². The topological polar surface area (TPSA) is 60.0 Å². The molecule has 6 nitrogen and oxygen atoms in total.